The fraction of sp³-hybridized carbons (Fsp3) is 0.571. The second kappa shape index (κ2) is 6.52. The van der Waals surface area contributed by atoms with Gasteiger partial charge in [0.2, 0.25) is 0 Å². The largest absolute Gasteiger partial charge is 0.478 e. The molecule has 0 aliphatic heterocycles. The number of hydrogen-bond acceptors (Lipinski definition) is 4. The van der Waals surface area contributed by atoms with E-state index >= 15 is 0 Å². The van der Waals surface area contributed by atoms with E-state index in [1.807, 2.05) is 13.8 Å². The average molecular weight is 266 g/mol. The Balaban J connectivity index is 2.90. The summed E-state index contributed by atoms with van der Waals surface area (Å²) >= 11 is 0. The van der Waals surface area contributed by atoms with Gasteiger partial charge in [-0.3, -0.25) is 0 Å². The Labute approximate surface area is 113 Å². The molecule has 0 aliphatic rings. The highest BCUT2D eigenvalue weighted by molar-refractivity contribution is 5.88. The first-order valence-electron chi connectivity index (χ1n) is 6.58. The molecule has 5 heteroatoms. The van der Waals surface area contributed by atoms with Gasteiger partial charge in [0.15, 0.2) is 0 Å². The Bertz CT molecular complexity index is 444. The first kappa shape index (κ1) is 15.4. The molecule has 0 saturated carbocycles. The smallest absolute Gasteiger partial charge is 0.335 e. The van der Waals surface area contributed by atoms with Gasteiger partial charge in [-0.1, -0.05) is 20.3 Å². The molecule has 3 N–H and O–H groups in total. The van der Waals surface area contributed by atoms with Gasteiger partial charge in [0.25, 0.3) is 0 Å². The summed E-state index contributed by atoms with van der Waals surface area (Å²) < 4.78 is 0. The summed E-state index contributed by atoms with van der Waals surface area (Å²) in [7, 11) is 0. The fourth-order valence-electron chi connectivity index (χ4n) is 1.59. The monoisotopic (exact) mass is 266 g/mol. The lowest BCUT2D eigenvalue weighted by molar-refractivity contribution is 0.0693. The van der Waals surface area contributed by atoms with Crippen LogP contribution in [0, 0.1) is 0 Å². The van der Waals surface area contributed by atoms with E-state index in [-0.39, 0.29) is 5.56 Å². The van der Waals surface area contributed by atoms with Crippen molar-refractivity contribution < 1.29 is 15.0 Å². The van der Waals surface area contributed by atoms with Gasteiger partial charge in [-0.15, -0.1) is 0 Å². The summed E-state index contributed by atoms with van der Waals surface area (Å²) in [6, 6.07) is 3.09. The molecule has 1 aromatic heterocycles. The van der Waals surface area contributed by atoms with E-state index in [4.69, 9.17) is 5.11 Å². The Hall–Kier alpha value is -1.62. The quantitative estimate of drug-likeness (QED) is 0.705. The molecule has 19 heavy (non-hydrogen) atoms. The molecule has 1 rings (SSSR count). The number of aromatic nitrogens is 1. The standard InChI is InChI=1S/C14H22N2O3/c1-4-6-11-7-10(13(17)18)8-12(16-11)15-9-14(3,19)5-2/h7-8,19H,4-6,9H2,1-3H3,(H,15,16)(H,17,18). The van der Waals surface area contributed by atoms with Gasteiger partial charge in [0, 0.05) is 12.2 Å². The second-order valence-electron chi connectivity index (χ2n) is 4.99. The number of nitrogens with one attached hydrogen (secondary N) is 1. The zero-order valence-electron chi connectivity index (χ0n) is 11.7. The number of aliphatic hydroxyl groups is 1. The van der Waals surface area contributed by atoms with Crippen LogP contribution in [0.4, 0.5) is 5.82 Å². The van der Waals surface area contributed by atoms with E-state index in [9.17, 15) is 9.90 Å². The number of carboxylic acid groups (broad SMARTS) is 1. The summed E-state index contributed by atoms with van der Waals surface area (Å²) in [5, 5.41) is 22.0. The maximum absolute atomic E-state index is 11.1. The molecule has 0 saturated heterocycles. The van der Waals surface area contributed by atoms with Crippen molar-refractivity contribution in [3.8, 4) is 0 Å². The topological polar surface area (TPSA) is 82.5 Å². The van der Waals surface area contributed by atoms with Crippen molar-refractivity contribution in [2.45, 2.75) is 45.6 Å². The third kappa shape index (κ3) is 4.87. The van der Waals surface area contributed by atoms with Crippen LogP contribution in [0.3, 0.4) is 0 Å². The van der Waals surface area contributed by atoms with Gasteiger partial charge in [0.1, 0.15) is 5.82 Å². The van der Waals surface area contributed by atoms with Crippen molar-refractivity contribution >= 4 is 11.8 Å². The second-order valence-corrected chi connectivity index (χ2v) is 4.99. The molecule has 1 unspecified atom stereocenters. The number of carboxylic acids is 1. The van der Waals surface area contributed by atoms with Gasteiger partial charge in [-0.25, -0.2) is 9.78 Å². The van der Waals surface area contributed by atoms with E-state index in [1.54, 1.807) is 13.0 Å². The van der Waals surface area contributed by atoms with Crippen LogP contribution in [-0.4, -0.2) is 33.3 Å². The first-order valence-corrected chi connectivity index (χ1v) is 6.58. The summed E-state index contributed by atoms with van der Waals surface area (Å²) in [5.41, 5.74) is 0.143. The lowest BCUT2D eigenvalue weighted by atomic mass is 10.0. The highest BCUT2D eigenvalue weighted by atomic mass is 16.4. The highest BCUT2D eigenvalue weighted by Crippen LogP contribution is 2.15. The molecule has 5 nitrogen and oxygen atoms in total. The van der Waals surface area contributed by atoms with E-state index in [0.29, 0.717) is 18.8 Å². The molecule has 1 aromatic rings. The molecule has 0 bridgehead atoms. The van der Waals surface area contributed by atoms with Crippen molar-refractivity contribution in [1.82, 2.24) is 4.98 Å². The lowest BCUT2D eigenvalue weighted by Crippen LogP contribution is -2.32. The Morgan fingerprint density at radius 2 is 2.11 bits per heavy atom. The van der Waals surface area contributed by atoms with Crippen LogP contribution in [0.1, 0.15) is 49.7 Å². The van der Waals surface area contributed by atoms with E-state index < -0.39 is 11.6 Å². The van der Waals surface area contributed by atoms with Crippen LogP contribution in [0.5, 0.6) is 0 Å². The van der Waals surface area contributed by atoms with Crippen molar-refractivity contribution in [2.24, 2.45) is 0 Å². The molecule has 0 fully saturated rings. The minimum absolute atomic E-state index is 0.220. The van der Waals surface area contributed by atoms with Gasteiger partial charge < -0.3 is 15.5 Å². The van der Waals surface area contributed by atoms with Crippen LogP contribution >= 0.6 is 0 Å². The van der Waals surface area contributed by atoms with Crippen LogP contribution in [0.25, 0.3) is 0 Å². The summed E-state index contributed by atoms with van der Waals surface area (Å²) in [6.45, 7) is 5.98. The van der Waals surface area contributed by atoms with E-state index in [2.05, 4.69) is 10.3 Å². The molecule has 106 valence electrons. The fourth-order valence-corrected chi connectivity index (χ4v) is 1.59. The number of aromatic carboxylic acids is 1. The lowest BCUT2D eigenvalue weighted by Gasteiger charge is -2.22. The highest BCUT2D eigenvalue weighted by Gasteiger charge is 2.17. The zero-order valence-corrected chi connectivity index (χ0v) is 11.7. The van der Waals surface area contributed by atoms with Crippen LogP contribution in [0.15, 0.2) is 12.1 Å². The maximum Gasteiger partial charge on any atom is 0.335 e. The predicted molar refractivity (Wildman–Crippen MR) is 74.6 cm³/mol. The molecule has 0 spiro atoms. The summed E-state index contributed by atoms with van der Waals surface area (Å²) in [4.78, 5) is 15.4. The first-order chi connectivity index (χ1) is 8.88. The number of carbonyl (C=O) groups is 1. The number of hydrogen-bond donors (Lipinski definition) is 3. The Morgan fingerprint density at radius 1 is 1.42 bits per heavy atom. The molecular formula is C14H22N2O3. The van der Waals surface area contributed by atoms with E-state index in [0.717, 1.165) is 18.5 Å². The average Bonchev–Trinajstić information content (AvgIpc) is 2.37. The van der Waals surface area contributed by atoms with Gasteiger partial charge in [0.05, 0.1) is 11.2 Å². The van der Waals surface area contributed by atoms with Crippen molar-refractivity contribution in [2.75, 3.05) is 11.9 Å². The van der Waals surface area contributed by atoms with Crippen molar-refractivity contribution in [1.29, 1.82) is 0 Å². The molecule has 0 radical (unpaired) electrons. The minimum Gasteiger partial charge on any atom is -0.478 e. The Morgan fingerprint density at radius 3 is 2.63 bits per heavy atom. The zero-order chi connectivity index (χ0) is 14.5. The number of aryl methyl sites for hydroxylation is 1. The number of nitrogens with zero attached hydrogens (tertiary/aromatic N) is 1. The molecule has 1 atom stereocenters. The molecule has 0 amide bonds. The number of anilines is 1. The number of rotatable bonds is 7. The van der Waals surface area contributed by atoms with Crippen molar-refractivity contribution in [3.63, 3.8) is 0 Å². The van der Waals surface area contributed by atoms with Gasteiger partial charge in [-0.05, 0) is 31.9 Å². The Kier molecular flexibility index (Phi) is 5.30. The summed E-state index contributed by atoms with van der Waals surface area (Å²) in [5.74, 6) is -0.470. The van der Waals surface area contributed by atoms with Crippen LogP contribution < -0.4 is 5.32 Å². The van der Waals surface area contributed by atoms with Crippen LogP contribution in [0.2, 0.25) is 0 Å². The van der Waals surface area contributed by atoms with Crippen LogP contribution in [-0.2, 0) is 6.42 Å². The molecule has 0 aromatic carbocycles. The third-order valence-corrected chi connectivity index (χ3v) is 3.04. The molecule has 0 aliphatic carbocycles. The molecule has 1 heterocycles. The SMILES string of the molecule is CCCc1cc(C(=O)O)cc(NCC(C)(O)CC)n1. The predicted octanol–water partition coefficient (Wildman–Crippen LogP) is 2.31. The van der Waals surface area contributed by atoms with Gasteiger partial charge >= 0.3 is 5.97 Å². The van der Waals surface area contributed by atoms with E-state index in [1.165, 1.54) is 6.07 Å². The molecular weight excluding hydrogens is 244 g/mol. The maximum atomic E-state index is 11.1. The normalized spacial score (nSPS) is 13.9. The third-order valence-electron chi connectivity index (χ3n) is 3.04. The van der Waals surface area contributed by atoms with Crippen molar-refractivity contribution in [3.05, 3.63) is 23.4 Å². The van der Waals surface area contributed by atoms with Gasteiger partial charge in [-0.2, -0.15) is 0 Å². The summed E-state index contributed by atoms with van der Waals surface area (Å²) in [6.07, 6.45) is 2.25. The number of pyridine rings is 1. The minimum atomic E-state index is -0.968.